The summed E-state index contributed by atoms with van der Waals surface area (Å²) in [7, 11) is 0. The van der Waals surface area contributed by atoms with Crippen molar-refractivity contribution in [3.63, 3.8) is 0 Å². The highest BCUT2D eigenvalue weighted by Crippen LogP contribution is 2.15. The van der Waals surface area contributed by atoms with Crippen LogP contribution < -0.4 is 0 Å². The van der Waals surface area contributed by atoms with Crippen molar-refractivity contribution in [2.75, 3.05) is 0 Å². The Morgan fingerprint density at radius 1 is 1.15 bits per heavy atom. The zero-order valence-electron chi connectivity index (χ0n) is 12.1. The number of oxime groups is 1. The van der Waals surface area contributed by atoms with Gasteiger partial charge in [-0.25, -0.2) is 0 Å². The molecule has 3 heteroatoms. The maximum absolute atomic E-state index is 9.26. The van der Waals surface area contributed by atoms with Gasteiger partial charge < -0.3 is 5.21 Å². The molecule has 1 N–H and O–H groups in total. The summed E-state index contributed by atoms with van der Waals surface area (Å²) in [5.74, 6) is 0. The monoisotopic (exact) mass is 267 g/mol. The third-order valence-corrected chi connectivity index (χ3v) is 3.24. The first-order valence-corrected chi connectivity index (χ1v) is 6.65. The Morgan fingerprint density at radius 2 is 1.80 bits per heavy atom. The van der Waals surface area contributed by atoms with Gasteiger partial charge in [0.1, 0.15) is 0 Å². The zero-order valence-corrected chi connectivity index (χ0v) is 12.1. The van der Waals surface area contributed by atoms with Crippen LogP contribution in [0.25, 0.3) is 0 Å². The molecule has 1 radical (unpaired) electrons. The summed E-state index contributed by atoms with van der Waals surface area (Å²) in [6, 6.07) is 12.0. The molecule has 1 aromatic carbocycles. The van der Waals surface area contributed by atoms with Crippen LogP contribution in [-0.4, -0.2) is 15.9 Å². The predicted octanol–water partition coefficient (Wildman–Crippen LogP) is 3.83. The van der Waals surface area contributed by atoms with Gasteiger partial charge in [0, 0.05) is 23.4 Å². The standard InChI is InChI=1S/C17H19N2O/c1-12-6-4-5-7-15(12)8-9-17(19-20)16-10-13(2)18-14(3)11-16/h4-8,10-11,20H,9H2,1-3H3/b19-17+. The molecule has 0 aliphatic carbocycles. The lowest BCUT2D eigenvalue weighted by molar-refractivity contribution is 0.318. The molecule has 2 rings (SSSR count). The van der Waals surface area contributed by atoms with E-state index in [-0.39, 0.29) is 0 Å². The van der Waals surface area contributed by atoms with Crippen LogP contribution in [-0.2, 0) is 0 Å². The molecule has 3 nitrogen and oxygen atoms in total. The highest BCUT2D eigenvalue weighted by atomic mass is 16.4. The largest absolute Gasteiger partial charge is 0.411 e. The number of pyridine rings is 1. The number of hydrogen-bond donors (Lipinski definition) is 1. The number of nitrogens with zero attached hydrogens (tertiary/aromatic N) is 2. The smallest absolute Gasteiger partial charge is 0.0875 e. The van der Waals surface area contributed by atoms with E-state index in [0.717, 1.165) is 22.5 Å². The molecule has 0 aliphatic rings. The summed E-state index contributed by atoms with van der Waals surface area (Å²) < 4.78 is 0. The maximum atomic E-state index is 9.26. The average Bonchev–Trinajstić information content (AvgIpc) is 2.40. The molecule has 0 amide bonds. The van der Waals surface area contributed by atoms with E-state index >= 15 is 0 Å². The van der Waals surface area contributed by atoms with Crippen molar-refractivity contribution in [2.24, 2.45) is 5.16 Å². The molecule has 0 saturated heterocycles. The van der Waals surface area contributed by atoms with Crippen molar-refractivity contribution >= 4 is 5.71 Å². The Bertz CT molecular complexity index is 612. The quantitative estimate of drug-likeness (QED) is 0.520. The van der Waals surface area contributed by atoms with Gasteiger partial charge in [-0.3, -0.25) is 4.98 Å². The lowest BCUT2D eigenvalue weighted by atomic mass is 9.99. The van der Waals surface area contributed by atoms with E-state index in [1.165, 1.54) is 5.56 Å². The van der Waals surface area contributed by atoms with Crippen LogP contribution >= 0.6 is 0 Å². The van der Waals surface area contributed by atoms with E-state index in [2.05, 4.69) is 35.6 Å². The zero-order chi connectivity index (χ0) is 14.5. The molecule has 20 heavy (non-hydrogen) atoms. The second-order valence-electron chi connectivity index (χ2n) is 4.95. The lowest BCUT2D eigenvalue weighted by Crippen LogP contribution is -2.04. The first-order chi connectivity index (χ1) is 9.60. The van der Waals surface area contributed by atoms with Crippen molar-refractivity contribution in [2.45, 2.75) is 27.2 Å². The SMILES string of the molecule is Cc1cc(/C(C[CH]c2ccccc2C)=N/O)cc(C)n1. The van der Waals surface area contributed by atoms with E-state index < -0.39 is 0 Å². The van der Waals surface area contributed by atoms with Gasteiger partial charge in [0.15, 0.2) is 0 Å². The molecule has 0 unspecified atom stereocenters. The van der Waals surface area contributed by atoms with Gasteiger partial charge in [-0.05, 0) is 50.5 Å². The Kier molecular flexibility index (Phi) is 4.51. The second-order valence-corrected chi connectivity index (χ2v) is 4.95. The third kappa shape index (κ3) is 3.44. The van der Waals surface area contributed by atoms with Crippen molar-refractivity contribution in [1.82, 2.24) is 4.98 Å². The molecule has 0 aliphatic heterocycles. The summed E-state index contributed by atoms with van der Waals surface area (Å²) in [6.07, 6.45) is 2.67. The fraction of sp³-hybridized carbons (Fsp3) is 0.235. The van der Waals surface area contributed by atoms with Gasteiger partial charge in [-0.15, -0.1) is 0 Å². The minimum atomic E-state index is 0.588. The van der Waals surface area contributed by atoms with Crippen molar-refractivity contribution in [3.05, 3.63) is 70.9 Å². The molecular formula is C17H19N2O. The molecule has 0 atom stereocenters. The van der Waals surface area contributed by atoms with Crippen LogP contribution in [0.3, 0.4) is 0 Å². The Hall–Kier alpha value is -2.16. The van der Waals surface area contributed by atoms with E-state index in [9.17, 15) is 5.21 Å². The number of aromatic nitrogens is 1. The summed E-state index contributed by atoms with van der Waals surface area (Å²) in [5, 5.41) is 12.7. The van der Waals surface area contributed by atoms with Crippen LogP contribution in [0.15, 0.2) is 41.6 Å². The molecule has 0 fully saturated rings. The predicted molar refractivity (Wildman–Crippen MR) is 81.2 cm³/mol. The van der Waals surface area contributed by atoms with Crippen molar-refractivity contribution in [1.29, 1.82) is 0 Å². The molecule has 0 bridgehead atoms. The molecule has 0 spiro atoms. The van der Waals surface area contributed by atoms with Crippen molar-refractivity contribution < 1.29 is 5.21 Å². The maximum Gasteiger partial charge on any atom is 0.0875 e. The molecule has 1 heterocycles. The highest BCUT2D eigenvalue weighted by Gasteiger charge is 2.08. The topological polar surface area (TPSA) is 45.5 Å². The second kappa shape index (κ2) is 6.33. The molecule has 0 saturated carbocycles. The lowest BCUT2D eigenvalue weighted by Gasteiger charge is -2.08. The van der Waals surface area contributed by atoms with E-state index in [1.807, 2.05) is 38.1 Å². The van der Waals surface area contributed by atoms with E-state index in [4.69, 9.17) is 0 Å². The first-order valence-electron chi connectivity index (χ1n) is 6.65. The summed E-state index contributed by atoms with van der Waals surface area (Å²) in [4.78, 5) is 4.34. The highest BCUT2D eigenvalue weighted by molar-refractivity contribution is 6.01. The molecule has 1 aromatic heterocycles. The van der Waals surface area contributed by atoms with Crippen molar-refractivity contribution in [3.8, 4) is 0 Å². The molecule has 103 valence electrons. The summed E-state index contributed by atoms with van der Waals surface area (Å²) in [5.41, 5.74) is 5.81. The fourth-order valence-electron chi connectivity index (χ4n) is 2.24. The Morgan fingerprint density at radius 3 is 2.40 bits per heavy atom. The molecular weight excluding hydrogens is 248 g/mol. The van der Waals surface area contributed by atoms with Gasteiger partial charge in [-0.2, -0.15) is 0 Å². The average molecular weight is 267 g/mol. The van der Waals surface area contributed by atoms with Crippen LogP contribution in [0.4, 0.5) is 0 Å². The number of aryl methyl sites for hydroxylation is 3. The van der Waals surface area contributed by atoms with Gasteiger partial charge in [0.2, 0.25) is 0 Å². The van der Waals surface area contributed by atoms with E-state index in [0.29, 0.717) is 12.1 Å². The normalized spacial score (nSPS) is 11.7. The van der Waals surface area contributed by atoms with Crippen LogP contribution in [0.5, 0.6) is 0 Å². The fourth-order valence-corrected chi connectivity index (χ4v) is 2.24. The molecule has 2 aromatic rings. The summed E-state index contributed by atoms with van der Waals surface area (Å²) in [6.45, 7) is 5.95. The summed E-state index contributed by atoms with van der Waals surface area (Å²) >= 11 is 0. The van der Waals surface area contributed by atoms with Gasteiger partial charge in [-0.1, -0.05) is 29.4 Å². The third-order valence-electron chi connectivity index (χ3n) is 3.24. The van der Waals surface area contributed by atoms with Gasteiger partial charge in [0.25, 0.3) is 0 Å². The minimum absolute atomic E-state index is 0.588. The number of hydrogen-bond acceptors (Lipinski definition) is 3. The van der Waals surface area contributed by atoms with E-state index in [1.54, 1.807) is 0 Å². The van der Waals surface area contributed by atoms with Crippen LogP contribution in [0.2, 0.25) is 0 Å². The number of rotatable bonds is 4. The minimum Gasteiger partial charge on any atom is -0.411 e. The van der Waals surface area contributed by atoms with Crippen LogP contribution in [0, 0.1) is 27.2 Å². The Labute approximate surface area is 120 Å². The van der Waals surface area contributed by atoms with Gasteiger partial charge >= 0.3 is 0 Å². The Balaban J connectivity index is 2.16. The van der Waals surface area contributed by atoms with Gasteiger partial charge in [0.05, 0.1) is 5.71 Å². The number of benzene rings is 1. The first kappa shape index (κ1) is 14.3. The van der Waals surface area contributed by atoms with Crippen LogP contribution in [0.1, 0.15) is 34.5 Å².